The van der Waals surface area contributed by atoms with Crippen LogP contribution in [0.25, 0.3) is 0 Å². The lowest BCUT2D eigenvalue weighted by Gasteiger charge is -2.32. The lowest BCUT2D eigenvalue weighted by molar-refractivity contribution is 0.0979. The number of imidazole rings is 1. The fraction of sp³-hybridized carbons (Fsp3) is 0.231. The average Bonchev–Trinajstić information content (AvgIpc) is 2.83. The van der Waals surface area contributed by atoms with Crippen molar-refractivity contribution in [3.05, 3.63) is 52.2 Å². The maximum absolute atomic E-state index is 12.4. The van der Waals surface area contributed by atoms with E-state index < -0.39 is 5.69 Å². The molecule has 6 nitrogen and oxygen atoms in total. The highest BCUT2D eigenvalue weighted by Gasteiger charge is 2.27. The summed E-state index contributed by atoms with van der Waals surface area (Å²) in [6.07, 6.45) is 2.14. The molecule has 0 spiro atoms. The molecule has 0 radical (unpaired) electrons. The normalized spacial score (nSPS) is 18.2. The van der Waals surface area contributed by atoms with Gasteiger partial charge in [0.2, 0.25) is 0 Å². The third-order valence-electron chi connectivity index (χ3n) is 3.25. The molecule has 1 aromatic carbocycles. The molecule has 1 atom stereocenters. The van der Waals surface area contributed by atoms with Gasteiger partial charge in [-0.2, -0.15) is 0 Å². The maximum atomic E-state index is 12.4. The first-order chi connectivity index (χ1) is 9.15. The van der Waals surface area contributed by atoms with E-state index in [-0.39, 0.29) is 17.6 Å². The van der Waals surface area contributed by atoms with E-state index >= 15 is 0 Å². The summed E-state index contributed by atoms with van der Waals surface area (Å²) in [7, 11) is 0. The van der Waals surface area contributed by atoms with Gasteiger partial charge in [-0.3, -0.25) is 4.79 Å². The Balaban J connectivity index is 2.01. The van der Waals surface area contributed by atoms with Gasteiger partial charge in [-0.25, -0.2) is 4.79 Å². The highest BCUT2D eigenvalue weighted by molar-refractivity contribution is 6.05. The number of hydrogen-bond donors (Lipinski definition) is 3. The highest BCUT2D eigenvalue weighted by Crippen LogP contribution is 2.27. The van der Waals surface area contributed by atoms with Gasteiger partial charge < -0.3 is 20.6 Å². The lowest BCUT2D eigenvalue weighted by atomic mass is 9.98. The Labute approximate surface area is 109 Å². The number of fused-ring (bicyclic) bond motifs is 1. The third-order valence-corrected chi connectivity index (χ3v) is 3.25. The van der Waals surface area contributed by atoms with Crippen LogP contribution < -0.4 is 16.3 Å². The fourth-order valence-corrected chi connectivity index (χ4v) is 2.41. The number of H-pyrrole nitrogens is 2. The number of para-hydroxylation sites is 1. The minimum Gasteiger partial charge on any atom is -0.326 e. The summed E-state index contributed by atoms with van der Waals surface area (Å²) in [5, 5.41) is 0. The topological polar surface area (TPSA) is 95.0 Å². The molecule has 0 fully saturated rings. The Morgan fingerprint density at radius 1 is 1.37 bits per heavy atom. The summed E-state index contributed by atoms with van der Waals surface area (Å²) in [5.41, 5.74) is 7.75. The number of hydrogen-bond acceptors (Lipinski definition) is 3. The first-order valence-corrected chi connectivity index (χ1v) is 6.08. The number of carbonyl (C=O) groups is 1. The van der Waals surface area contributed by atoms with Crippen LogP contribution in [0.5, 0.6) is 0 Å². The average molecular weight is 258 g/mol. The molecule has 0 aliphatic carbocycles. The van der Waals surface area contributed by atoms with Crippen molar-refractivity contribution < 1.29 is 4.79 Å². The number of benzene rings is 1. The van der Waals surface area contributed by atoms with Crippen molar-refractivity contribution >= 4 is 11.6 Å². The molecule has 19 heavy (non-hydrogen) atoms. The van der Waals surface area contributed by atoms with E-state index in [1.54, 1.807) is 4.90 Å². The number of nitrogens with zero attached hydrogens (tertiary/aromatic N) is 1. The molecule has 2 heterocycles. The van der Waals surface area contributed by atoms with Crippen LogP contribution in [-0.4, -0.2) is 28.5 Å². The molecule has 1 aliphatic heterocycles. The summed E-state index contributed by atoms with van der Waals surface area (Å²) in [5.74, 6) is -0.249. The number of carbonyl (C=O) groups excluding carboxylic acids is 1. The van der Waals surface area contributed by atoms with Crippen LogP contribution in [0.2, 0.25) is 0 Å². The minimum atomic E-state index is -0.391. The Bertz CT molecular complexity index is 673. The Morgan fingerprint density at radius 3 is 2.89 bits per heavy atom. The van der Waals surface area contributed by atoms with Gasteiger partial charge in [0, 0.05) is 24.5 Å². The van der Waals surface area contributed by atoms with Gasteiger partial charge in [-0.1, -0.05) is 18.2 Å². The smallest absolute Gasteiger partial charge is 0.323 e. The second kappa shape index (κ2) is 4.40. The molecule has 1 amide bonds. The van der Waals surface area contributed by atoms with E-state index in [1.165, 1.54) is 6.20 Å². The molecule has 0 saturated heterocycles. The van der Waals surface area contributed by atoms with Crippen LogP contribution in [0.3, 0.4) is 0 Å². The Kier molecular flexibility index (Phi) is 2.72. The van der Waals surface area contributed by atoms with E-state index in [9.17, 15) is 9.59 Å². The summed E-state index contributed by atoms with van der Waals surface area (Å²) in [6, 6.07) is 7.58. The van der Waals surface area contributed by atoms with Gasteiger partial charge in [-0.05, 0) is 18.1 Å². The number of anilines is 1. The van der Waals surface area contributed by atoms with Crippen molar-refractivity contribution in [2.75, 3.05) is 11.4 Å². The molecule has 98 valence electrons. The molecule has 1 aromatic heterocycles. The Hall–Kier alpha value is -2.34. The molecule has 3 rings (SSSR count). The predicted octanol–water partition coefficient (Wildman–Crippen LogP) is 0.233. The zero-order valence-corrected chi connectivity index (χ0v) is 10.2. The van der Waals surface area contributed by atoms with Gasteiger partial charge in [0.15, 0.2) is 0 Å². The number of rotatable bonds is 1. The first kappa shape index (κ1) is 11.7. The fourth-order valence-electron chi connectivity index (χ4n) is 2.41. The van der Waals surface area contributed by atoms with Crippen molar-refractivity contribution in [2.45, 2.75) is 12.5 Å². The zero-order chi connectivity index (χ0) is 13.4. The van der Waals surface area contributed by atoms with Gasteiger partial charge in [0.25, 0.3) is 5.91 Å². The second-order valence-electron chi connectivity index (χ2n) is 4.67. The summed E-state index contributed by atoms with van der Waals surface area (Å²) in [4.78, 5) is 30.0. The van der Waals surface area contributed by atoms with Crippen LogP contribution in [0.1, 0.15) is 16.1 Å². The minimum absolute atomic E-state index is 0.0930. The van der Waals surface area contributed by atoms with Gasteiger partial charge in [0.05, 0.1) is 0 Å². The van der Waals surface area contributed by atoms with E-state index in [4.69, 9.17) is 5.73 Å². The maximum Gasteiger partial charge on any atom is 0.323 e. The van der Waals surface area contributed by atoms with Crippen molar-refractivity contribution in [3.63, 3.8) is 0 Å². The van der Waals surface area contributed by atoms with E-state index in [0.29, 0.717) is 6.54 Å². The number of nitrogens with one attached hydrogen (secondary N) is 2. The Morgan fingerprint density at radius 2 is 2.16 bits per heavy atom. The van der Waals surface area contributed by atoms with Crippen LogP contribution in [0.15, 0.2) is 35.3 Å². The molecular weight excluding hydrogens is 244 g/mol. The van der Waals surface area contributed by atoms with Crippen LogP contribution >= 0.6 is 0 Å². The monoisotopic (exact) mass is 258 g/mol. The van der Waals surface area contributed by atoms with Gasteiger partial charge in [0.1, 0.15) is 5.69 Å². The van der Waals surface area contributed by atoms with Crippen LogP contribution in [0.4, 0.5) is 5.69 Å². The highest BCUT2D eigenvalue weighted by atomic mass is 16.2. The SMILES string of the molecule is NC1Cc2ccccc2N(C(=O)c2c[nH]c(=O)[nH]2)C1. The predicted molar refractivity (Wildman–Crippen MR) is 71.2 cm³/mol. The van der Waals surface area contributed by atoms with Crippen molar-refractivity contribution in [2.24, 2.45) is 5.73 Å². The van der Waals surface area contributed by atoms with Crippen molar-refractivity contribution in [1.29, 1.82) is 0 Å². The number of aromatic amines is 2. The molecule has 6 heteroatoms. The number of amides is 1. The summed E-state index contributed by atoms with van der Waals surface area (Å²) < 4.78 is 0. The standard InChI is InChI=1S/C13H14N4O2/c14-9-5-8-3-1-2-4-11(8)17(7-9)12(18)10-6-15-13(19)16-10/h1-4,6,9H,5,7,14H2,(H2,15,16,19). The van der Waals surface area contributed by atoms with Gasteiger partial charge >= 0.3 is 5.69 Å². The van der Waals surface area contributed by atoms with E-state index in [1.807, 2.05) is 24.3 Å². The number of aromatic nitrogens is 2. The summed E-state index contributed by atoms with van der Waals surface area (Å²) in [6.45, 7) is 0.447. The lowest BCUT2D eigenvalue weighted by Crippen LogP contribution is -2.46. The quantitative estimate of drug-likeness (QED) is 0.683. The molecule has 1 unspecified atom stereocenters. The van der Waals surface area contributed by atoms with Crippen molar-refractivity contribution in [1.82, 2.24) is 9.97 Å². The molecule has 0 saturated carbocycles. The van der Waals surface area contributed by atoms with E-state index in [2.05, 4.69) is 9.97 Å². The van der Waals surface area contributed by atoms with E-state index in [0.717, 1.165) is 17.7 Å². The van der Waals surface area contributed by atoms with Crippen LogP contribution in [0, 0.1) is 0 Å². The van der Waals surface area contributed by atoms with Crippen molar-refractivity contribution in [3.8, 4) is 0 Å². The summed E-state index contributed by atoms with van der Waals surface area (Å²) >= 11 is 0. The molecule has 1 aliphatic rings. The number of nitrogens with two attached hydrogens (primary N) is 1. The molecular formula is C13H14N4O2. The zero-order valence-electron chi connectivity index (χ0n) is 10.2. The molecule has 4 N–H and O–H groups in total. The molecule has 2 aromatic rings. The molecule has 0 bridgehead atoms. The second-order valence-corrected chi connectivity index (χ2v) is 4.67. The largest absolute Gasteiger partial charge is 0.326 e. The van der Waals surface area contributed by atoms with Crippen LogP contribution in [-0.2, 0) is 6.42 Å². The third kappa shape index (κ3) is 2.06. The first-order valence-electron chi connectivity index (χ1n) is 6.08. The van der Waals surface area contributed by atoms with Gasteiger partial charge in [-0.15, -0.1) is 0 Å².